The van der Waals surface area contributed by atoms with Crippen LogP contribution < -0.4 is 5.73 Å². The van der Waals surface area contributed by atoms with Crippen LogP contribution in [-0.2, 0) is 16.7 Å². The van der Waals surface area contributed by atoms with Crippen LogP contribution >= 0.6 is 0 Å². The fourth-order valence-corrected chi connectivity index (χ4v) is 1.50. The van der Waals surface area contributed by atoms with Gasteiger partial charge < -0.3 is 15.0 Å². The Morgan fingerprint density at radius 2 is 2.33 bits per heavy atom. The lowest BCUT2D eigenvalue weighted by molar-refractivity contribution is 0.135. The van der Waals surface area contributed by atoms with Crippen molar-refractivity contribution in [3.8, 4) is 0 Å². The summed E-state index contributed by atoms with van der Waals surface area (Å²) in [5.74, 6) is 1.96. The zero-order chi connectivity index (χ0) is 10.9. The maximum Gasteiger partial charge on any atom is 0.226 e. The van der Waals surface area contributed by atoms with Gasteiger partial charge in [0, 0.05) is 13.5 Å². The molecule has 0 aromatic carbocycles. The minimum Gasteiger partial charge on any atom is -0.382 e. The molecule has 5 nitrogen and oxygen atoms in total. The molecule has 1 aromatic heterocycles. The van der Waals surface area contributed by atoms with E-state index in [1.165, 1.54) is 12.8 Å². The van der Waals surface area contributed by atoms with E-state index in [0.29, 0.717) is 18.3 Å². The molecule has 1 aliphatic rings. The second-order valence-corrected chi connectivity index (χ2v) is 4.51. The molecule has 15 heavy (non-hydrogen) atoms. The van der Waals surface area contributed by atoms with Gasteiger partial charge in [-0.25, -0.2) is 0 Å². The third-order valence-corrected chi connectivity index (χ3v) is 2.58. The maximum absolute atomic E-state index is 6.00. The Labute approximate surface area is 89.0 Å². The molecule has 0 aliphatic heterocycles. The SMILES string of the molecule is COCC(C)(N)c1noc(CC2CC2)n1. The molecule has 1 unspecified atom stereocenters. The molecule has 1 atom stereocenters. The number of nitrogens with two attached hydrogens (primary N) is 1. The number of rotatable bonds is 5. The number of nitrogens with zero attached hydrogens (tertiary/aromatic N) is 2. The molecule has 0 spiro atoms. The predicted octanol–water partition coefficient (Wildman–Crippen LogP) is 0.842. The average molecular weight is 211 g/mol. The summed E-state index contributed by atoms with van der Waals surface area (Å²) in [7, 11) is 1.61. The average Bonchev–Trinajstić information content (AvgIpc) is 2.81. The van der Waals surface area contributed by atoms with Gasteiger partial charge in [-0.15, -0.1) is 0 Å². The molecule has 2 rings (SSSR count). The minimum atomic E-state index is -0.667. The lowest BCUT2D eigenvalue weighted by Gasteiger charge is -2.18. The van der Waals surface area contributed by atoms with E-state index >= 15 is 0 Å². The van der Waals surface area contributed by atoms with Gasteiger partial charge in [-0.05, 0) is 25.7 Å². The van der Waals surface area contributed by atoms with E-state index in [2.05, 4.69) is 10.1 Å². The largest absolute Gasteiger partial charge is 0.382 e. The van der Waals surface area contributed by atoms with Crippen LogP contribution in [0, 0.1) is 5.92 Å². The summed E-state index contributed by atoms with van der Waals surface area (Å²) in [4.78, 5) is 4.30. The Balaban J connectivity index is 2.04. The molecule has 1 aliphatic carbocycles. The highest BCUT2D eigenvalue weighted by Crippen LogP contribution is 2.32. The number of hydrogen-bond acceptors (Lipinski definition) is 5. The van der Waals surface area contributed by atoms with Crippen LogP contribution in [0.3, 0.4) is 0 Å². The Hall–Kier alpha value is -0.940. The normalized spacial score (nSPS) is 20.2. The third kappa shape index (κ3) is 2.54. The van der Waals surface area contributed by atoms with Gasteiger partial charge in [-0.2, -0.15) is 4.98 Å². The van der Waals surface area contributed by atoms with Crippen molar-refractivity contribution in [2.45, 2.75) is 31.7 Å². The highest BCUT2D eigenvalue weighted by Gasteiger charge is 2.29. The van der Waals surface area contributed by atoms with Gasteiger partial charge in [0.05, 0.1) is 6.61 Å². The van der Waals surface area contributed by atoms with E-state index in [9.17, 15) is 0 Å². The molecular formula is C10H17N3O2. The quantitative estimate of drug-likeness (QED) is 0.781. The van der Waals surface area contributed by atoms with Crippen molar-refractivity contribution in [2.24, 2.45) is 11.7 Å². The molecule has 84 valence electrons. The summed E-state index contributed by atoms with van der Waals surface area (Å²) < 4.78 is 10.2. The van der Waals surface area contributed by atoms with Gasteiger partial charge in [-0.3, -0.25) is 0 Å². The van der Waals surface area contributed by atoms with Crippen molar-refractivity contribution in [1.29, 1.82) is 0 Å². The predicted molar refractivity (Wildman–Crippen MR) is 54.1 cm³/mol. The lowest BCUT2D eigenvalue weighted by Crippen LogP contribution is -2.39. The Kier molecular flexibility index (Phi) is 2.75. The van der Waals surface area contributed by atoms with Crippen LogP contribution in [0.15, 0.2) is 4.52 Å². The summed E-state index contributed by atoms with van der Waals surface area (Å²) in [6.45, 7) is 2.22. The lowest BCUT2D eigenvalue weighted by atomic mass is 10.1. The molecule has 0 amide bonds. The van der Waals surface area contributed by atoms with Gasteiger partial charge in [0.2, 0.25) is 5.89 Å². The Bertz CT molecular complexity index is 331. The van der Waals surface area contributed by atoms with E-state index < -0.39 is 5.54 Å². The fourth-order valence-electron chi connectivity index (χ4n) is 1.50. The number of aromatic nitrogens is 2. The highest BCUT2D eigenvalue weighted by atomic mass is 16.5. The van der Waals surface area contributed by atoms with Crippen LogP contribution in [0.4, 0.5) is 0 Å². The molecule has 1 aromatic rings. The second-order valence-electron chi connectivity index (χ2n) is 4.51. The Morgan fingerprint density at radius 1 is 1.60 bits per heavy atom. The van der Waals surface area contributed by atoms with Crippen molar-refractivity contribution >= 4 is 0 Å². The molecule has 0 bridgehead atoms. The van der Waals surface area contributed by atoms with Crippen LogP contribution in [-0.4, -0.2) is 23.9 Å². The van der Waals surface area contributed by atoms with Gasteiger partial charge in [-0.1, -0.05) is 5.16 Å². The van der Waals surface area contributed by atoms with Crippen molar-refractivity contribution in [1.82, 2.24) is 10.1 Å². The molecule has 0 saturated heterocycles. The molecule has 2 N–H and O–H groups in total. The molecular weight excluding hydrogens is 194 g/mol. The summed E-state index contributed by atoms with van der Waals surface area (Å²) in [5, 5.41) is 3.90. The van der Waals surface area contributed by atoms with Crippen LogP contribution in [0.1, 0.15) is 31.5 Å². The van der Waals surface area contributed by atoms with E-state index in [4.69, 9.17) is 15.0 Å². The molecule has 1 heterocycles. The van der Waals surface area contributed by atoms with Crippen molar-refractivity contribution in [3.05, 3.63) is 11.7 Å². The molecule has 5 heteroatoms. The van der Waals surface area contributed by atoms with Gasteiger partial charge in [0.25, 0.3) is 0 Å². The maximum atomic E-state index is 6.00. The Morgan fingerprint density at radius 3 is 2.93 bits per heavy atom. The first-order chi connectivity index (χ1) is 7.12. The van der Waals surface area contributed by atoms with Crippen LogP contribution in [0.25, 0.3) is 0 Å². The van der Waals surface area contributed by atoms with Gasteiger partial charge in [0.1, 0.15) is 5.54 Å². The van der Waals surface area contributed by atoms with Gasteiger partial charge in [0.15, 0.2) is 5.82 Å². The summed E-state index contributed by atoms with van der Waals surface area (Å²) >= 11 is 0. The van der Waals surface area contributed by atoms with E-state index in [0.717, 1.165) is 12.3 Å². The van der Waals surface area contributed by atoms with E-state index in [1.54, 1.807) is 7.11 Å². The summed E-state index contributed by atoms with van der Waals surface area (Å²) in [5.41, 5.74) is 5.33. The van der Waals surface area contributed by atoms with E-state index in [-0.39, 0.29) is 0 Å². The first kappa shape index (κ1) is 10.6. The molecule has 1 fully saturated rings. The number of ether oxygens (including phenoxy) is 1. The highest BCUT2D eigenvalue weighted by molar-refractivity contribution is 5.02. The molecule has 0 radical (unpaired) electrons. The van der Waals surface area contributed by atoms with Crippen molar-refractivity contribution < 1.29 is 9.26 Å². The fraction of sp³-hybridized carbons (Fsp3) is 0.800. The zero-order valence-electron chi connectivity index (χ0n) is 9.19. The number of methoxy groups -OCH3 is 1. The van der Waals surface area contributed by atoms with Gasteiger partial charge >= 0.3 is 0 Å². The van der Waals surface area contributed by atoms with Crippen LogP contribution in [0.5, 0.6) is 0 Å². The standard InChI is InChI=1S/C10H17N3O2/c1-10(11,6-14-2)9-12-8(15-13-9)5-7-3-4-7/h7H,3-6,11H2,1-2H3. The summed E-state index contributed by atoms with van der Waals surface area (Å²) in [6.07, 6.45) is 3.43. The van der Waals surface area contributed by atoms with Crippen LogP contribution in [0.2, 0.25) is 0 Å². The molecule has 1 saturated carbocycles. The second kappa shape index (κ2) is 3.90. The van der Waals surface area contributed by atoms with Crippen molar-refractivity contribution in [3.63, 3.8) is 0 Å². The first-order valence-electron chi connectivity index (χ1n) is 5.22. The minimum absolute atomic E-state index is 0.384. The van der Waals surface area contributed by atoms with E-state index in [1.807, 2.05) is 6.92 Å². The third-order valence-electron chi connectivity index (χ3n) is 2.58. The van der Waals surface area contributed by atoms with Crippen molar-refractivity contribution in [2.75, 3.05) is 13.7 Å². The first-order valence-corrected chi connectivity index (χ1v) is 5.22. The summed E-state index contributed by atoms with van der Waals surface area (Å²) in [6, 6.07) is 0. The number of hydrogen-bond donors (Lipinski definition) is 1. The zero-order valence-corrected chi connectivity index (χ0v) is 9.19. The topological polar surface area (TPSA) is 74.2 Å². The smallest absolute Gasteiger partial charge is 0.226 e. The monoisotopic (exact) mass is 211 g/mol.